The maximum atomic E-state index is 14.3. The maximum Gasteiger partial charge on any atom is 0.338 e. The first-order chi connectivity index (χ1) is 23.9. The number of nitriles is 1. The predicted octanol–water partition coefficient (Wildman–Crippen LogP) is 6.51. The van der Waals surface area contributed by atoms with Gasteiger partial charge >= 0.3 is 5.97 Å². The lowest BCUT2D eigenvalue weighted by molar-refractivity contribution is -0.138. The Hall–Kier alpha value is -5.37. The van der Waals surface area contributed by atoms with Gasteiger partial charge < -0.3 is 14.2 Å². The summed E-state index contributed by atoms with van der Waals surface area (Å²) in [6.45, 7) is 4.43. The van der Waals surface area contributed by atoms with Crippen molar-refractivity contribution >= 4 is 40.8 Å². The Morgan fingerprint density at radius 1 is 0.959 bits per heavy atom. The molecular formula is C39H33N3O5S2. The molecule has 0 radical (unpaired) electrons. The first-order valence-corrected chi connectivity index (χ1v) is 17.8. The molecule has 0 spiro atoms. The molecule has 6 rings (SSSR count). The van der Waals surface area contributed by atoms with E-state index in [0.717, 1.165) is 27.1 Å². The average Bonchev–Trinajstić information content (AvgIpc) is 3.45. The fraction of sp³-hybridized carbons (Fsp3) is 0.179. The van der Waals surface area contributed by atoms with E-state index in [1.807, 2.05) is 98.1 Å². The van der Waals surface area contributed by atoms with Gasteiger partial charge in [-0.2, -0.15) is 5.26 Å². The van der Waals surface area contributed by atoms with Gasteiger partial charge in [0.05, 0.1) is 46.7 Å². The summed E-state index contributed by atoms with van der Waals surface area (Å²) in [4.78, 5) is 34.5. The van der Waals surface area contributed by atoms with Crippen molar-refractivity contribution < 1.29 is 19.0 Å². The minimum Gasteiger partial charge on any atom is -0.490 e. The van der Waals surface area contributed by atoms with Crippen LogP contribution in [0.2, 0.25) is 0 Å². The Bertz CT molecular complexity index is 2250. The molecule has 2 heterocycles. The summed E-state index contributed by atoms with van der Waals surface area (Å²) in [5.41, 5.74) is 4.08. The first kappa shape index (κ1) is 33.5. The number of hydrogen-bond donors (Lipinski definition) is 0. The smallest absolute Gasteiger partial charge is 0.338 e. The van der Waals surface area contributed by atoms with E-state index in [0.29, 0.717) is 44.3 Å². The van der Waals surface area contributed by atoms with Gasteiger partial charge in [-0.3, -0.25) is 9.36 Å². The number of fused-ring (bicyclic) bond motifs is 1. The van der Waals surface area contributed by atoms with Crippen LogP contribution in [0, 0.1) is 11.3 Å². The minimum atomic E-state index is -0.755. The number of rotatable bonds is 11. The molecule has 0 bridgehead atoms. The zero-order valence-corrected chi connectivity index (χ0v) is 28.8. The van der Waals surface area contributed by atoms with Crippen molar-refractivity contribution in [2.45, 2.75) is 31.4 Å². The van der Waals surface area contributed by atoms with Crippen LogP contribution in [-0.2, 0) is 16.1 Å². The second kappa shape index (κ2) is 15.2. The van der Waals surface area contributed by atoms with Gasteiger partial charge in [-0.1, -0.05) is 78.1 Å². The fourth-order valence-corrected chi connectivity index (χ4v) is 7.02. The molecule has 0 saturated heterocycles. The van der Waals surface area contributed by atoms with Crippen LogP contribution in [0.5, 0.6) is 11.5 Å². The van der Waals surface area contributed by atoms with E-state index in [1.165, 1.54) is 11.3 Å². The number of ether oxygens (including phenoxy) is 3. The molecule has 1 aromatic heterocycles. The van der Waals surface area contributed by atoms with Crippen molar-refractivity contribution in [3.8, 4) is 17.6 Å². The van der Waals surface area contributed by atoms with Crippen LogP contribution >= 0.6 is 23.1 Å². The molecular weight excluding hydrogens is 655 g/mol. The normalized spacial score (nSPS) is 14.1. The Balaban J connectivity index is 1.47. The average molecular weight is 688 g/mol. The van der Waals surface area contributed by atoms with E-state index in [1.54, 1.807) is 41.5 Å². The number of benzene rings is 4. The van der Waals surface area contributed by atoms with Crippen LogP contribution in [0.1, 0.15) is 47.7 Å². The van der Waals surface area contributed by atoms with E-state index in [4.69, 9.17) is 19.2 Å². The third-order valence-electron chi connectivity index (χ3n) is 7.89. The van der Waals surface area contributed by atoms with E-state index >= 15 is 0 Å². The SMILES string of the molecule is CCOC(=O)C1=C(c2ccccc2)N=c2s/c(=C\c3ccc(OCc4ccccc4C#N)c(OCC)c3)c(=O)n2[C@H]1c1ccc(SC)cc1. The second-order valence-corrected chi connectivity index (χ2v) is 12.8. The van der Waals surface area contributed by atoms with Crippen LogP contribution in [-0.4, -0.2) is 30.0 Å². The lowest BCUT2D eigenvalue weighted by Gasteiger charge is -2.26. The lowest BCUT2D eigenvalue weighted by Crippen LogP contribution is -2.40. The van der Waals surface area contributed by atoms with Crippen molar-refractivity contribution in [2.24, 2.45) is 4.99 Å². The molecule has 0 fully saturated rings. The van der Waals surface area contributed by atoms with Crippen LogP contribution in [0.25, 0.3) is 11.8 Å². The monoisotopic (exact) mass is 687 g/mol. The number of esters is 1. The Morgan fingerprint density at radius 2 is 1.71 bits per heavy atom. The number of thioether (sulfide) groups is 1. The number of thiazole rings is 1. The molecule has 1 atom stereocenters. The molecule has 246 valence electrons. The highest BCUT2D eigenvalue weighted by atomic mass is 32.2. The van der Waals surface area contributed by atoms with Crippen molar-refractivity contribution in [1.82, 2.24) is 4.57 Å². The molecule has 0 aliphatic carbocycles. The highest BCUT2D eigenvalue weighted by Crippen LogP contribution is 2.36. The largest absolute Gasteiger partial charge is 0.490 e. The third kappa shape index (κ3) is 7.09. The third-order valence-corrected chi connectivity index (χ3v) is 9.62. The standard InChI is InChI=1S/C39H33N3O5S2/c1-4-45-32-21-25(15-20-31(32)47-24-29-14-10-9-13-28(29)23-40)22-33-37(43)42-36(27-16-18-30(48-3)19-17-27)34(38(44)46-5-2)35(41-39(42)49-33)26-11-7-6-8-12-26/h6-22,36H,4-5,24H2,1-3H3/b33-22-/t36-/m0/s1. The van der Waals surface area contributed by atoms with Crippen molar-refractivity contribution in [2.75, 3.05) is 19.5 Å². The number of hydrogen-bond acceptors (Lipinski definition) is 9. The Kier molecular flexibility index (Phi) is 10.4. The molecule has 8 nitrogen and oxygen atoms in total. The van der Waals surface area contributed by atoms with Gasteiger partial charge in [-0.05, 0) is 67.6 Å². The lowest BCUT2D eigenvalue weighted by atomic mass is 9.93. The summed E-state index contributed by atoms with van der Waals surface area (Å²) >= 11 is 2.87. The molecule has 0 amide bonds. The van der Waals surface area contributed by atoms with Gasteiger partial charge in [0.2, 0.25) is 0 Å². The van der Waals surface area contributed by atoms with Gasteiger partial charge in [0.15, 0.2) is 16.3 Å². The van der Waals surface area contributed by atoms with Gasteiger partial charge in [0.25, 0.3) is 5.56 Å². The molecule has 0 saturated carbocycles. The van der Waals surface area contributed by atoms with Crippen LogP contribution in [0.3, 0.4) is 0 Å². The van der Waals surface area contributed by atoms with Gasteiger partial charge in [-0.25, -0.2) is 9.79 Å². The predicted molar refractivity (Wildman–Crippen MR) is 192 cm³/mol. The van der Waals surface area contributed by atoms with E-state index in [-0.39, 0.29) is 18.8 Å². The summed E-state index contributed by atoms with van der Waals surface area (Å²) in [5.74, 6) is 0.516. The first-order valence-electron chi connectivity index (χ1n) is 15.8. The zero-order chi connectivity index (χ0) is 34.3. The van der Waals surface area contributed by atoms with Gasteiger partial charge in [0.1, 0.15) is 6.61 Å². The summed E-state index contributed by atoms with van der Waals surface area (Å²) in [6.07, 6.45) is 3.80. The Labute approximate surface area is 292 Å². The van der Waals surface area contributed by atoms with Gasteiger partial charge in [-0.15, -0.1) is 11.8 Å². The van der Waals surface area contributed by atoms with E-state index in [2.05, 4.69) is 6.07 Å². The highest BCUT2D eigenvalue weighted by molar-refractivity contribution is 7.98. The van der Waals surface area contributed by atoms with Crippen LogP contribution in [0.4, 0.5) is 0 Å². The minimum absolute atomic E-state index is 0.180. The summed E-state index contributed by atoms with van der Waals surface area (Å²) in [7, 11) is 0. The number of aromatic nitrogens is 1. The maximum absolute atomic E-state index is 14.3. The molecule has 0 N–H and O–H groups in total. The van der Waals surface area contributed by atoms with Gasteiger partial charge in [0, 0.05) is 16.0 Å². The Morgan fingerprint density at radius 3 is 2.43 bits per heavy atom. The van der Waals surface area contributed by atoms with Crippen molar-refractivity contribution in [3.05, 3.63) is 150 Å². The molecule has 0 unspecified atom stereocenters. The van der Waals surface area contributed by atoms with Crippen LogP contribution in [0.15, 0.2) is 117 Å². The highest BCUT2D eigenvalue weighted by Gasteiger charge is 2.35. The molecule has 10 heteroatoms. The number of nitrogens with zero attached hydrogens (tertiary/aromatic N) is 3. The quantitative estimate of drug-likeness (QED) is 0.115. The molecule has 49 heavy (non-hydrogen) atoms. The van der Waals surface area contributed by atoms with E-state index < -0.39 is 12.0 Å². The topological polar surface area (TPSA) is 103 Å². The fourth-order valence-electron chi connectivity index (χ4n) is 5.61. The molecule has 4 aromatic carbocycles. The number of carbonyl (C=O) groups excluding carboxylic acids is 1. The van der Waals surface area contributed by atoms with Crippen molar-refractivity contribution in [1.29, 1.82) is 5.26 Å². The second-order valence-electron chi connectivity index (χ2n) is 10.9. The summed E-state index contributed by atoms with van der Waals surface area (Å²) < 4.78 is 19.6. The van der Waals surface area contributed by atoms with Crippen molar-refractivity contribution in [3.63, 3.8) is 0 Å². The summed E-state index contributed by atoms with van der Waals surface area (Å²) in [6, 6.07) is 31.6. The number of carbonyl (C=O) groups is 1. The molecule has 5 aromatic rings. The zero-order valence-electron chi connectivity index (χ0n) is 27.2. The molecule has 1 aliphatic heterocycles. The van der Waals surface area contributed by atoms with E-state index in [9.17, 15) is 14.9 Å². The summed E-state index contributed by atoms with van der Waals surface area (Å²) in [5, 5.41) is 9.46. The molecule has 1 aliphatic rings. The van der Waals surface area contributed by atoms with Crippen LogP contribution < -0.4 is 24.4 Å².